The van der Waals surface area contributed by atoms with Gasteiger partial charge in [-0.2, -0.15) is 65.9 Å². The lowest BCUT2D eigenvalue weighted by atomic mass is 9.91. The van der Waals surface area contributed by atoms with Crippen LogP contribution < -0.4 is 0 Å². The zero-order valence-corrected chi connectivity index (χ0v) is 13.9. The molecule has 0 nitrogen and oxygen atoms in total. The molecule has 0 aromatic rings. The summed E-state index contributed by atoms with van der Waals surface area (Å²) in [5, 5.41) is 0. The van der Waals surface area contributed by atoms with Crippen LogP contribution in [0, 0.1) is 0 Å². The summed E-state index contributed by atoms with van der Waals surface area (Å²) >= 11 is 0. The maximum absolute atomic E-state index is 13.2. The zero-order chi connectivity index (χ0) is 23.4. The number of hydrogen-bond donors (Lipinski definition) is 0. The first-order valence-electron chi connectivity index (χ1n) is 6.37. The van der Waals surface area contributed by atoms with Gasteiger partial charge in [-0.25, -0.2) is 8.78 Å². The van der Waals surface area contributed by atoms with E-state index in [0.717, 1.165) is 0 Å². The molecule has 0 heterocycles. The fraction of sp³-hybridized carbons (Fsp3) is 1.00. The standard InChI is InChI=1S/C10H6F17Si/c1-2-28-10(26,27)8(21,22)6(17,18)4(13,14)3(11,12)5(15,16)7(19,20)9(23,24)25/h28H,2H2,1H3. The predicted molar refractivity (Wildman–Crippen MR) is 58.3 cm³/mol. The summed E-state index contributed by atoms with van der Waals surface area (Å²) in [5.74, 6) is -49.3. The Morgan fingerprint density at radius 1 is 0.429 bits per heavy atom. The van der Waals surface area contributed by atoms with Crippen LogP contribution in [0.5, 0.6) is 0 Å². The third-order valence-corrected chi connectivity index (χ3v) is 4.49. The molecule has 0 aromatic heterocycles. The van der Waals surface area contributed by atoms with Crippen LogP contribution in [0.2, 0.25) is 6.04 Å². The molecular formula is C10H6F17Si. The lowest BCUT2D eigenvalue weighted by Crippen LogP contribution is -2.74. The Morgan fingerprint density at radius 2 is 0.679 bits per heavy atom. The van der Waals surface area contributed by atoms with Crippen LogP contribution in [0.25, 0.3) is 0 Å². The third kappa shape index (κ3) is 3.31. The van der Waals surface area contributed by atoms with Gasteiger partial charge < -0.3 is 0 Å². The number of rotatable bonds is 8. The molecule has 0 unspecified atom stereocenters. The summed E-state index contributed by atoms with van der Waals surface area (Å²) < 4.78 is 218. The van der Waals surface area contributed by atoms with E-state index in [1.807, 2.05) is 0 Å². The summed E-state index contributed by atoms with van der Waals surface area (Å²) in [7, 11) is -3.22. The molecule has 0 aliphatic carbocycles. The van der Waals surface area contributed by atoms with Crippen molar-refractivity contribution in [3.8, 4) is 0 Å². The van der Waals surface area contributed by atoms with Crippen molar-refractivity contribution in [3.05, 3.63) is 0 Å². The molecule has 0 amide bonds. The van der Waals surface area contributed by atoms with E-state index in [-0.39, 0.29) is 0 Å². The Morgan fingerprint density at radius 3 is 0.929 bits per heavy atom. The van der Waals surface area contributed by atoms with Crippen LogP contribution in [-0.4, -0.2) is 56.8 Å². The molecule has 0 atom stereocenters. The van der Waals surface area contributed by atoms with Crippen molar-refractivity contribution < 1.29 is 74.6 Å². The van der Waals surface area contributed by atoms with Crippen molar-refractivity contribution in [3.63, 3.8) is 0 Å². The molecule has 0 fully saturated rings. The second kappa shape index (κ2) is 6.78. The number of halogens is 17. The van der Waals surface area contributed by atoms with Crippen LogP contribution in [0.3, 0.4) is 0 Å². The Kier molecular flexibility index (Phi) is 6.55. The van der Waals surface area contributed by atoms with Crippen LogP contribution >= 0.6 is 0 Å². The summed E-state index contributed by atoms with van der Waals surface area (Å²) in [6.07, 6.45) is -7.73. The van der Waals surface area contributed by atoms with E-state index in [1.165, 1.54) is 0 Å². The lowest BCUT2D eigenvalue weighted by Gasteiger charge is -2.42. The first kappa shape index (κ1) is 27.0. The van der Waals surface area contributed by atoms with Gasteiger partial charge in [-0.3, -0.25) is 0 Å². The van der Waals surface area contributed by atoms with Gasteiger partial charge in [0, 0.05) is 0 Å². The molecule has 0 spiro atoms. The van der Waals surface area contributed by atoms with Gasteiger partial charge in [-0.15, -0.1) is 0 Å². The van der Waals surface area contributed by atoms with Crippen molar-refractivity contribution in [1.82, 2.24) is 0 Å². The van der Waals surface area contributed by atoms with Crippen LogP contribution in [0.15, 0.2) is 0 Å². The summed E-state index contributed by atoms with van der Waals surface area (Å²) in [6.45, 7) is 0.627. The molecule has 1 radical (unpaired) electrons. The first-order chi connectivity index (χ1) is 11.8. The fourth-order valence-corrected chi connectivity index (χ4v) is 2.51. The van der Waals surface area contributed by atoms with Gasteiger partial charge in [0.15, 0.2) is 0 Å². The summed E-state index contributed by atoms with van der Waals surface area (Å²) in [5.41, 5.74) is -6.17. The molecular weight excluding hydrogens is 471 g/mol. The fourth-order valence-electron chi connectivity index (χ4n) is 1.56. The van der Waals surface area contributed by atoms with E-state index in [2.05, 4.69) is 0 Å². The molecule has 0 bridgehead atoms. The Balaban J connectivity index is 6.63. The van der Waals surface area contributed by atoms with E-state index in [4.69, 9.17) is 0 Å². The van der Waals surface area contributed by atoms with E-state index in [1.54, 1.807) is 0 Å². The van der Waals surface area contributed by atoms with E-state index in [0.29, 0.717) is 6.92 Å². The zero-order valence-electron chi connectivity index (χ0n) is 12.7. The highest BCUT2D eigenvalue weighted by Gasteiger charge is 2.95. The minimum atomic E-state index is -8.55. The minimum Gasteiger partial charge on any atom is -0.206 e. The molecule has 169 valence electrons. The molecule has 18 heteroatoms. The summed E-state index contributed by atoms with van der Waals surface area (Å²) in [6, 6.07) is -1.08. The average Bonchev–Trinajstić information content (AvgIpc) is 2.44. The van der Waals surface area contributed by atoms with Crippen LogP contribution in [-0.2, 0) is 0 Å². The SMILES string of the molecule is CC[SiH]C(F)(F)C(F)(F)C(F)(F)C(F)(F)C(F)(F)C(F)(F)C(F)(F)C(F)(F)F. The van der Waals surface area contributed by atoms with E-state index < -0.39 is 62.8 Å². The van der Waals surface area contributed by atoms with Gasteiger partial charge in [0.2, 0.25) is 0 Å². The Labute approximate surface area is 145 Å². The smallest absolute Gasteiger partial charge is 0.206 e. The molecule has 28 heavy (non-hydrogen) atoms. The highest BCUT2D eigenvalue weighted by molar-refractivity contribution is 6.39. The van der Waals surface area contributed by atoms with E-state index >= 15 is 0 Å². The van der Waals surface area contributed by atoms with Gasteiger partial charge in [-0.1, -0.05) is 13.0 Å². The molecule has 0 N–H and O–H groups in total. The van der Waals surface area contributed by atoms with Gasteiger partial charge in [0.1, 0.15) is 9.52 Å². The van der Waals surface area contributed by atoms with Crippen molar-refractivity contribution in [2.45, 2.75) is 60.2 Å². The summed E-state index contributed by atoms with van der Waals surface area (Å²) in [4.78, 5) is 0. The predicted octanol–water partition coefficient (Wildman–Crippen LogP) is 5.83. The minimum absolute atomic E-state index is 0.627. The van der Waals surface area contributed by atoms with Gasteiger partial charge in [0.05, 0.1) is 0 Å². The Bertz CT molecular complexity index is 559. The average molecular weight is 477 g/mol. The van der Waals surface area contributed by atoms with Crippen molar-refractivity contribution >= 4 is 9.52 Å². The molecule has 0 aliphatic heterocycles. The van der Waals surface area contributed by atoms with Gasteiger partial charge in [-0.05, 0) is 0 Å². The maximum Gasteiger partial charge on any atom is 0.460 e. The monoisotopic (exact) mass is 477 g/mol. The topological polar surface area (TPSA) is 0 Å². The van der Waals surface area contributed by atoms with Gasteiger partial charge in [0.25, 0.3) is 5.55 Å². The normalized spacial score (nSPS) is 16.5. The molecule has 0 aliphatic rings. The van der Waals surface area contributed by atoms with Crippen LogP contribution in [0.4, 0.5) is 74.6 Å². The molecule has 0 aromatic carbocycles. The largest absolute Gasteiger partial charge is 0.460 e. The van der Waals surface area contributed by atoms with Crippen molar-refractivity contribution in [2.24, 2.45) is 0 Å². The van der Waals surface area contributed by atoms with Crippen molar-refractivity contribution in [1.29, 1.82) is 0 Å². The lowest BCUT2D eigenvalue weighted by molar-refractivity contribution is -0.458. The highest BCUT2D eigenvalue weighted by Crippen LogP contribution is 2.63. The second-order valence-electron chi connectivity index (χ2n) is 5.18. The van der Waals surface area contributed by atoms with Gasteiger partial charge >= 0.3 is 41.7 Å². The number of alkyl halides is 17. The molecule has 0 saturated heterocycles. The van der Waals surface area contributed by atoms with Crippen molar-refractivity contribution in [2.75, 3.05) is 0 Å². The molecule has 0 rings (SSSR count). The number of hydrogen-bond acceptors (Lipinski definition) is 0. The quantitative estimate of drug-likeness (QED) is 0.305. The maximum atomic E-state index is 13.2. The molecule has 0 saturated carbocycles. The second-order valence-corrected chi connectivity index (χ2v) is 7.13. The van der Waals surface area contributed by atoms with E-state index in [9.17, 15) is 74.6 Å². The Hall–Kier alpha value is -0.973. The first-order valence-corrected chi connectivity index (χ1v) is 7.76. The third-order valence-electron chi connectivity index (χ3n) is 3.21. The van der Waals surface area contributed by atoms with Crippen LogP contribution in [0.1, 0.15) is 6.92 Å². The highest BCUT2D eigenvalue weighted by atomic mass is 28.2.